The van der Waals surface area contributed by atoms with Crippen LogP contribution in [0.2, 0.25) is 0 Å². The summed E-state index contributed by atoms with van der Waals surface area (Å²) in [4.78, 5) is 22.0. The van der Waals surface area contributed by atoms with E-state index in [1.54, 1.807) is 6.20 Å². The molecule has 0 unspecified atom stereocenters. The van der Waals surface area contributed by atoms with Gasteiger partial charge in [0.2, 0.25) is 0 Å². The summed E-state index contributed by atoms with van der Waals surface area (Å²) in [7, 11) is 2.13. The molecule has 0 amide bonds. The van der Waals surface area contributed by atoms with Crippen LogP contribution in [0, 0.1) is 13.8 Å². The van der Waals surface area contributed by atoms with E-state index in [9.17, 15) is 0 Å². The maximum atomic E-state index is 4.82. The van der Waals surface area contributed by atoms with Crippen molar-refractivity contribution < 1.29 is 0 Å². The molecule has 3 aromatic heterocycles. The van der Waals surface area contributed by atoms with Crippen LogP contribution in [-0.4, -0.2) is 27.0 Å². The molecule has 4 rings (SSSR count). The Labute approximate surface area is 151 Å². The first-order valence-electron chi connectivity index (χ1n) is 8.57. The van der Waals surface area contributed by atoms with E-state index in [1.807, 2.05) is 36.6 Å². The summed E-state index contributed by atoms with van der Waals surface area (Å²) < 4.78 is 0. The molecule has 5 nitrogen and oxygen atoms in total. The van der Waals surface area contributed by atoms with Crippen molar-refractivity contribution in [3.63, 3.8) is 0 Å². The summed E-state index contributed by atoms with van der Waals surface area (Å²) >= 11 is 1.82. The van der Waals surface area contributed by atoms with Crippen LogP contribution in [-0.2, 0) is 6.42 Å². The average molecular weight is 351 g/mol. The number of nitrogens with zero attached hydrogens (tertiary/aromatic N) is 5. The Morgan fingerprint density at radius 1 is 1.20 bits per heavy atom. The highest BCUT2D eigenvalue weighted by Gasteiger charge is 2.28. The average Bonchev–Trinajstić information content (AvgIpc) is 3.01. The topological polar surface area (TPSA) is 54.8 Å². The van der Waals surface area contributed by atoms with E-state index in [0.717, 1.165) is 40.7 Å². The Balaban J connectivity index is 1.71. The second-order valence-corrected chi connectivity index (χ2v) is 7.73. The smallest absolute Gasteiger partial charge is 0.163 e. The molecule has 1 aliphatic rings. The normalized spacial score (nSPS) is 16.5. The minimum absolute atomic E-state index is 0.339. The lowest BCUT2D eigenvalue weighted by molar-refractivity contribution is 0.545. The second kappa shape index (κ2) is 6.52. The first kappa shape index (κ1) is 16.1. The van der Waals surface area contributed by atoms with Gasteiger partial charge in [-0.1, -0.05) is 0 Å². The molecule has 0 N–H and O–H groups in total. The van der Waals surface area contributed by atoms with Gasteiger partial charge >= 0.3 is 0 Å². The fraction of sp³-hybridized carbons (Fsp3) is 0.368. The lowest BCUT2D eigenvalue weighted by Crippen LogP contribution is -2.27. The Bertz CT molecular complexity index is 890. The molecule has 1 atom stereocenters. The van der Waals surface area contributed by atoms with Gasteiger partial charge in [0.05, 0.1) is 21.6 Å². The summed E-state index contributed by atoms with van der Waals surface area (Å²) in [5, 5.41) is 1.15. The van der Waals surface area contributed by atoms with E-state index < -0.39 is 0 Å². The van der Waals surface area contributed by atoms with E-state index in [4.69, 9.17) is 9.97 Å². The molecule has 0 saturated carbocycles. The van der Waals surface area contributed by atoms with Crippen molar-refractivity contribution in [2.45, 2.75) is 39.2 Å². The predicted molar refractivity (Wildman–Crippen MR) is 101 cm³/mol. The first-order valence-corrected chi connectivity index (χ1v) is 9.38. The monoisotopic (exact) mass is 351 g/mol. The van der Waals surface area contributed by atoms with Crippen molar-refractivity contribution in [3.8, 4) is 11.4 Å². The second-order valence-electron chi connectivity index (χ2n) is 6.50. The van der Waals surface area contributed by atoms with Crippen LogP contribution < -0.4 is 4.90 Å². The maximum Gasteiger partial charge on any atom is 0.163 e. The molecule has 6 heteroatoms. The summed E-state index contributed by atoms with van der Waals surface area (Å²) in [5.41, 5.74) is 3.18. The molecular weight excluding hydrogens is 330 g/mol. The van der Waals surface area contributed by atoms with Crippen molar-refractivity contribution >= 4 is 17.2 Å². The van der Waals surface area contributed by atoms with Crippen molar-refractivity contribution in [2.75, 3.05) is 11.9 Å². The number of thiazole rings is 1. The van der Waals surface area contributed by atoms with Crippen LogP contribution >= 0.6 is 11.3 Å². The fourth-order valence-corrected chi connectivity index (χ4v) is 4.56. The van der Waals surface area contributed by atoms with Gasteiger partial charge in [0.1, 0.15) is 5.82 Å². The minimum Gasteiger partial charge on any atom is -0.352 e. The molecule has 0 spiro atoms. The van der Waals surface area contributed by atoms with E-state index in [-0.39, 0.29) is 0 Å². The van der Waals surface area contributed by atoms with Crippen LogP contribution in [0.3, 0.4) is 0 Å². The number of aromatic nitrogens is 4. The van der Waals surface area contributed by atoms with Crippen LogP contribution in [0.25, 0.3) is 11.4 Å². The molecule has 128 valence electrons. The molecule has 3 aromatic rings. The maximum absolute atomic E-state index is 4.82. The van der Waals surface area contributed by atoms with Crippen LogP contribution in [0.1, 0.15) is 40.2 Å². The molecule has 25 heavy (non-hydrogen) atoms. The van der Waals surface area contributed by atoms with Gasteiger partial charge in [0.25, 0.3) is 0 Å². The third kappa shape index (κ3) is 3.14. The Morgan fingerprint density at radius 2 is 2.08 bits per heavy atom. The zero-order valence-electron chi connectivity index (χ0n) is 14.7. The highest BCUT2D eigenvalue weighted by atomic mass is 32.1. The summed E-state index contributed by atoms with van der Waals surface area (Å²) in [5.74, 6) is 1.68. The zero-order chi connectivity index (χ0) is 17.4. The molecule has 1 aliphatic carbocycles. The minimum atomic E-state index is 0.339. The van der Waals surface area contributed by atoms with Crippen molar-refractivity contribution in [1.29, 1.82) is 0 Å². The highest BCUT2D eigenvalue weighted by Crippen LogP contribution is 2.39. The van der Waals surface area contributed by atoms with Gasteiger partial charge in [-0.25, -0.2) is 15.0 Å². The first-order chi connectivity index (χ1) is 12.1. The predicted octanol–water partition coefficient (Wildman–Crippen LogP) is 4.13. The van der Waals surface area contributed by atoms with Gasteiger partial charge in [-0.2, -0.15) is 0 Å². The molecule has 0 saturated heterocycles. The molecule has 0 fully saturated rings. The number of pyridine rings is 1. The lowest BCUT2D eigenvalue weighted by Gasteiger charge is -2.31. The van der Waals surface area contributed by atoms with Crippen molar-refractivity contribution in [2.24, 2.45) is 0 Å². The summed E-state index contributed by atoms with van der Waals surface area (Å²) in [6, 6.07) is 6.31. The zero-order valence-corrected chi connectivity index (χ0v) is 15.5. The van der Waals surface area contributed by atoms with E-state index >= 15 is 0 Å². The fourth-order valence-electron chi connectivity index (χ4n) is 3.41. The van der Waals surface area contributed by atoms with E-state index in [0.29, 0.717) is 6.04 Å². The van der Waals surface area contributed by atoms with Gasteiger partial charge in [-0.15, -0.1) is 11.3 Å². The van der Waals surface area contributed by atoms with Gasteiger partial charge in [0.15, 0.2) is 5.82 Å². The van der Waals surface area contributed by atoms with Crippen LogP contribution in [0.5, 0.6) is 0 Å². The third-order valence-electron chi connectivity index (χ3n) is 4.62. The SMILES string of the molecule is Cc1cc(N(C)[C@@H]2CCCc3nc(C)sc32)nc(-c2cccnc2)n1. The molecule has 0 aromatic carbocycles. The lowest BCUT2D eigenvalue weighted by atomic mass is 9.97. The van der Waals surface area contributed by atoms with E-state index in [2.05, 4.69) is 34.9 Å². The van der Waals surface area contributed by atoms with Gasteiger partial charge in [-0.05, 0) is 45.2 Å². The quantitative estimate of drug-likeness (QED) is 0.710. The number of hydrogen-bond acceptors (Lipinski definition) is 6. The Morgan fingerprint density at radius 3 is 2.88 bits per heavy atom. The number of fused-ring (bicyclic) bond motifs is 1. The summed E-state index contributed by atoms with van der Waals surface area (Å²) in [6.07, 6.45) is 6.97. The number of hydrogen-bond donors (Lipinski definition) is 0. The van der Waals surface area contributed by atoms with Crippen LogP contribution in [0.15, 0.2) is 30.6 Å². The van der Waals surface area contributed by atoms with Crippen molar-refractivity contribution in [1.82, 2.24) is 19.9 Å². The molecular formula is C19H21N5S. The van der Waals surface area contributed by atoms with E-state index in [1.165, 1.54) is 17.0 Å². The summed E-state index contributed by atoms with van der Waals surface area (Å²) in [6.45, 7) is 4.11. The molecule has 0 radical (unpaired) electrons. The van der Waals surface area contributed by atoms with Gasteiger partial charge in [0, 0.05) is 36.8 Å². The number of aryl methyl sites for hydroxylation is 3. The largest absolute Gasteiger partial charge is 0.352 e. The molecule has 0 bridgehead atoms. The number of rotatable bonds is 3. The van der Waals surface area contributed by atoms with Gasteiger partial charge in [-0.3, -0.25) is 4.98 Å². The highest BCUT2D eigenvalue weighted by molar-refractivity contribution is 7.11. The molecule has 0 aliphatic heterocycles. The standard InChI is InChI=1S/C19H21N5S/c1-12-10-17(23-19(21-12)14-6-5-9-20-11-14)24(3)16-8-4-7-15-18(16)25-13(2)22-15/h5-6,9-11,16H,4,7-8H2,1-3H3/t16-/m1/s1. The third-order valence-corrected chi connectivity index (χ3v) is 5.73. The Hall–Kier alpha value is -2.34. The van der Waals surface area contributed by atoms with Gasteiger partial charge < -0.3 is 4.90 Å². The molecule has 3 heterocycles. The van der Waals surface area contributed by atoms with Crippen LogP contribution in [0.4, 0.5) is 5.82 Å². The van der Waals surface area contributed by atoms with Crippen molar-refractivity contribution in [3.05, 3.63) is 51.9 Å². The Kier molecular flexibility index (Phi) is 4.21. The number of anilines is 1.